The van der Waals surface area contributed by atoms with Gasteiger partial charge in [0.05, 0.1) is 25.3 Å². The molecule has 0 radical (unpaired) electrons. The van der Waals surface area contributed by atoms with Crippen LogP contribution in [0.15, 0.2) is 36.5 Å². The van der Waals surface area contributed by atoms with E-state index >= 15 is 0 Å². The lowest BCUT2D eigenvalue weighted by Crippen LogP contribution is -1.92. The summed E-state index contributed by atoms with van der Waals surface area (Å²) in [6.45, 7) is 0. The molecule has 0 saturated heterocycles. The van der Waals surface area contributed by atoms with E-state index in [1.807, 2.05) is 18.2 Å². The van der Waals surface area contributed by atoms with Gasteiger partial charge in [-0.3, -0.25) is 0 Å². The summed E-state index contributed by atoms with van der Waals surface area (Å²) in [7, 11) is 3.27. The highest BCUT2D eigenvalue weighted by atomic mass is 35.5. The third-order valence-corrected chi connectivity index (χ3v) is 4.93. The number of ether oxygens (including phenoxy) is 2. The summed E-state index contributed by atoms with van der Waals surface area (Å²) in [5, 5.41) is 5.84. The van der Waals surface area contributed by atoms with E-state index in [1.165, 1.54) is 0 Å². The van der Waals surface area contributed by atoms with Crippen LogP contribution in [0.25, 0.3) is 26.3 Å². The van der Waals surface area contributed by atoms with Gasteiger partial charge < -0.3 is 9.47 Å². The lowest BCUT2D eigenvalue weighted by molar-refractivity contribution is 0.356. The van der Waals surface area contributed by atoms with Crippen LogP contribution in [0.1, 0.15) is 0 Å². The normalized spacial score (nSPS) is 11.3. The number of imidazole rings is 1. The molecule has 23 heavy (non-hydrogen) atoms. The lowest BCUT2D eigenvalue weighted by atomic mass is 10.2. The van der Waals surface area contributed by atoms with Crippen molar-refractivity contribution in [2.75, 3.05) is 14.2 Å². The molecule has 3 heterocycles. The van der Waals surface area contributed by atoms with Crippen molar-refractivity contribution in [3.05, 3.63) is 41.7 Å². The Kier molecular flexibility index (Phi) is 3.36. The van der Waals surface area contributed by atoms with Crippen molar-refractivity contribution in [1.29, 1.82) is 0 Å². The van der Waals surface area contributed by atoms with E-state index in [1.54, 1.807) is 42.3 Å². The van der Waals surface area contributed by atoms with Gasteiger partial charge in [0.25, 0.3) is 0 Å². The zero-order valence-electron chi connectivity index (χ0n) is 12.4. The number of hydrogen-bond acceptors (Lipinski definition) is 5. The van der Waals surface area contributed by atoms with E-state index in [0.717, 1.165) is 26.3 Å². The maximum atomic E-state index is 6.00. The van der Waals surface area contributed by atoms with Gasteiger partial charge in [0.15, 0.2) is 17.1 Å². The van der Waals surface area contributed by atoms with Gasteiger partial charge in [-0.15, -0.1) is 11.3 Å². The number of methoxy groups -OCH3 is 2. The monoisotopic (exact) mass is 345 g/mol. The number of aromatic nitrogens is 3. The van der Waals surface area contributed by atoms with E-state index in [0.29, 0.717) is 16.7 Å². The summed E-state index contributed by atoms with van der Waals surface area (Å²) >= 11 is 7.65. The third-order valence-electron chi connectivity index (χ3n) is 3.60. The van der Waals surface area contributed by atoms with Gasteiger partial charge in [0, 0.05) is 10.8 Å². The van der Waals surface area contributed by atoms with Crippen LogP contribution in [0, 0.1) is 0 Å². The molecule has 1 aromatic carbocycles. The molecule has 5 nitrogen and oxygen atoms in total. The van der Waals surface area contributed by atoms with Crippen molar-refractivity contribution in [2.45, 2.75) is 0 Å². The smallest absolute Gasteiger partial charge is 0.162 e. The van der Waals surface area contributed by atoms with Crippen molar-refractivity contribution in [3.63, 3.8) is 0 Å². The average molecular weight is 346 g/mol. The molecule has 0 fully saturated rings. The summed E-state index contributed by atoms with van der Waals surface area (Å²) in [5.41, 5.74) is 1.67. The largest absolute Gasteiger partial charge is 0.493 e. The Morgan fingerprint density at radius 3 is 2.65 bits per heavy atom. The molecule has 0 aliphatic rings. The second-order valence-corrected chi connectivity index (χ2v) is 6.40. The van der Waals surface area contributed by atoms with Gasteiger partial charge in [-0.1, -0.05) is 11.6 Å². The van der Waals surface area contributed by atoms with Gasteiger partial charge in [0.1, 0.15) is 10.8 Å². The lowest BCUT2D eigenvalue weighted by Gasteiger charge is -2.06. The minimum absolute atomic E-state index is 0.432. The van der Waals surface area contributed by atoms with E-state index in [2.05, 4.69) is 16.1 Å². The predicted octanol–water partition coefficient (Wildman–Crippen LogP) is 4.28. The molecule has 0 N–H and O–H groups in total. The van der Waals surface area contributed by atoms with Crippen LogP contribution >= 0.6 is 22.9 Å². The number of halogens is 1. The molecule has 7 heteroatoms. The molecule has 0 amide bonds. The second-order valence-electron chi connectivity index (χ2n) is 4.93. The fourth-order valence-corrected chi connectivity index (χ4v) is 3.72. The van der Waals surface area contributed by atoms with Crippen LogP contribution in [0.2, 0.25) is 5.15 Å². The van der Waals surface area contributed by atoms with Crippen LogP contribution in [0.5, 0.6) is 11.5 Å². The first-order valence-electron chi connectivity index (χ1n) is 6.86. The Morgan fingerprint density at radius 1 is 1.09 bits per heavy atom. The molecule has 4 rings (SSSR count). The maximum Gasteiger partial charge on any atom is 0.162 e. The maximum absolute atomic E-state index is 6.00. The Labute approximate surface area is 141 Å². The Balaban J connectivity index is 1.92. The van der Waals surface area contributed by atoms with E-state index in [9.17, 15) is 0 Å². The molecule has 4 aromatic rings. The van der Waals surface area contributed by atoms with Crippen LogP contribution < -0.4 is 9.47 Å². The van der Waals surface area contributed by atoms with Crippen LogP contribution in [-0.2, 0) is 0 Å². The van der Waals surface area contributed by atoms with Gasteiger partial charge in [0.2, 0.25) is 0 Å². The fraction of sp³-hybridized carbons (Fsp3) is 0.125. The molecule has 0 aliphatic heterocycles. The topological polar surface area (TPSA) is 48.7 Å². The molecule has 0 saturated carbocycles. The number of rotatable bonds is 3. The summed E-state index contributed by atoms with van der Waals surface area (Å²) in [6.07, 6.45) is 1.80. The molecule has 0 bridgehead atoms. The summed E-state index contributed by atoms with van der Waals surface area (Å²) < 4.78 is 13.6. The second kappa shape index (κ2) is 5.40. The minimum atomic E-state index is 0.432. The van der Waals surface area contributed by atoms with E-state index in [-0.39, 0.29) is 0 Å². The SMILES string of the molecule is COc1cc2cc(-c3cnc4ccc(Cl)nn34)sc2cc1OC. The highest BCUT2D eigenvalue weighted by Gasteiger charge is 2.13. The number of thiophene rings is 1. The molecular weight excluding hydrogens is 334 g/mol. The number of benzene rings is 1. The third kappa shape index (κ3) is 2.31. The Morgan fingerprint density at radius 2 is 1.87 bits per heavy atom. The van der Waals surface area contributed by atoms with Crippen molar-refractivity contribution in [2.24, 2.45) is 0 Å². The number of hydrogen-bond donors (Lipinski definition) is 0. The average Bonchev–Trinajstić information content (AvgIpc) is 3.15. The highest BCUT2D eigenvalue weighted by Crippen LogP contribution is 2.39. The van der Waals surface area contributed by atoms with Gasteiger partial charge in [-0.25, -0.2) is 9.50 Å². The summed E-state index contributed by atoms with van der Waals surface area (Å²) in [4.78, 5) is 5.43. The van der Waals surface area contributed by atoms with Crippen LogP contribution in [0.4, 0.5) is 0 Å². The Hall–Kier alpha value is -2.31. The Bertz CT molecular complexity index is 984. The molecule has 0 atom stereocenters. The molecule has 0 unspecified atom stereocenters. The van der Waals surface area contributed by atoms with Crippen LogP contribution in [0.3, 0.4) is 0 Å². The summed E-state index contributed by atoms with van der Waals surface area (Å²) in [5.74, 6) is 1.43. The first-order valence-corrected chi connectivity index (χ1v) is 8.05. The van der Waals surface area contributed by atoms with Crippen molar-refractivity contribution >= 4 is 38.7 Å². The van der Waals surface area contributed by atoms with Crippen molar-refractivity contribution in [3.8, 4) is 22.1 Å². The van der Waals surface area contributed by atoms with Crippen LogP contribution in [-0.4, -0.2) is 28.8 Å². The van der Waals surface area contributed by atoms with Gasteiger partial charge in [-0.2, -0.15) is 5.10 Å². The molecule has 0 aliphatic carbocycles. The van der Waals surface area contributed by atoms with E-state index < -0.39 is 0 Å². The van der Waals surface area contributed by atoms with Crippen molar-refractivity contribution < 1.29 is 9.47 Å². The summed E-state index contributed by atoms with van der Waals surface area (Å²) in [6, 6.07) is 9.62. The molecule has 0 spiro atoms. The number of nitrogens with zero attached hydrogens (tertiary/aromatic N) is 3. The molecular formula is C16H12ClN3O2S. The quantitative estimate of drug-likeness (QED) is 0.556. The first kappa shape index (κ1) is 14.3. The molecule has 116 valence electrons. The molecule has 3 aromatic heterocycles. The standard InChI is InChI=1S/C16H12ClN3O2S/c1-21-11-5-9-6-14(23-13(9)7-12(11)22-2)10-8-18-16-4-3-15(17)19-20(10)16/h3-8H,1-2H3. The zero-order valence-corrected chi connectivity index (χ0v) is 14.0. The van der Waals surface area contributed by atoms with Crippen molar-refractivity contribution in [1.82, 2.24) is 14.6 Å². The van der Waals surface area contributed by atoms with E-state index in [4.69, 9.17) is 21.1 Å². The number of fused-ring (bicyclic) bond motifs is 2. The zero-order chi connectivity index (χ0) is 16.0. The predicted molar refractivity (Wildman–Crippen MR) is 91.9 cm³/mol. The van der Waals surface area contributed by atoms with Gasteiger partial charge in [-0.05, 0) is 29.7 Å². The highest BCUT2D eigenvalue weighted by molar-refractivity contribution is 7.22. The van der Waals surface area contributed by atoms with Gasteiger partial charge >= 0.3 is 0 Å². The fourth-order valence-electron chi connectivity index (χ4n) is 2.51. The first-order chi connectivity index (χ1) is 11.2. The minimum Gasteiger partial charge on any atom is -0.493 e.